The molecular formula is C12H13N3O2. The van der Waals surface area contributed by atoms with Crippen LogP contribution >= 0.6 is 0 Å². The summed E-state index contributed by atoms with van der Waals surface area (Å²) in [6, 6.07) is 5.53. The van der Waals surface area contributed by atoms with Crippen LogP contribution in [0, 0.1) is 50.2 Å². The van der Waals surface area contributed by atoms with Crippen molar-refractivity contribution < 1.29 is 9.53 Å². The summed E-state index contributed by atoms with van der Waals surface area (Å²) in [4.78, 5) is 11.9. The Balaban J connectivity index is 3.40. The predicted octanol–water partition coefficient (Wildman–Crippen LogP) is 1.52. The number of nitriles is 3. The van der Waals surface area contributed by atoms with Crippen LogP contribution in [-0.4, -0.2) is 12.6 Å². The summed E-state index contributed by atoms with van der Waals surface area (Å²) in [6.07, 6.45) is 0.389. The third-order valence-electron chi connectivity index (χ3n) is 3.95. The van der Waals surface area contributed by atoms with E-state index < -0.39 is 22.2 Å². The number of nitrogens with zero attached hydrogens (tertiary/aromatic N) is 3. The van der Waals surface area contributed by atoms with Crippen molar-refractivity contribution in [1.29, 1.82) is 15.8 Å². The lowest BCUT2D eigenvalue weighted by molar-refractivity contribution is -0.149. The normalized spacial score (nSPS) is 32.7. The molecule has 0 heterocycles. The molecule has 1 rings (SSSR count). The Kier molecular flexibility index (Phi) is 2.87. The largest absolute Gasteiger partial charge is 0.465 e. The fraction of sp³-hybridized carbons (Fsp3) is 0.667. The average Bonchev–Trinajstić information content (AvgIpc) is 2.84. The highest BCUT2D eigenvalue weighted by atomic mass is 16.5. The summed E-state index contributed by atoms with van der Waals surface area (Å²) < 4.78 is 4.85. The standard InChI is InChI=1S/C12H13N3O2/c1-4-10(3)11(6-13,7-14)12(10,8-15)9(16)17-5-2/h4-5H2,1-3H3/t10-,12+/m0/s1. The third kappa shape index (κ3) is 1.03. The number of carbonyl (C=O) groups is 1. The third-order valence-corrected chi connectivity index (χ3v) is 3.95. The van der Waals surface area contributed by atoms with Gasteiger partial charge in [0.05, 0.1) is 24.8 Å². The second-order valence-electron chi connectivity index (χ2n) is 4.24. The summed E-state index contributed by atoms with van der Waals surface area (Å²) in [6.45, 7) is 5.10. The topological polar surface area (TPSA) is 97.7 Å². The molecule has 0 N–H and O–H groups in total. The van der Waals surface area contributed by atoms with Gasteiger partial charge in [0.1, 0.15) is 0 Å². The van der Waals surface area contributed by atoms with E-state index in [0.717, 1.165) is 0 Å². The molecule has 0 amide bonds. The molecule has 1 saturated carbocycles. The molecule has 0 aromatic heterocycles. The summed E-state index contributed by atoms with van der Waals surface area (Å²) in [5.74, 6) is -0.769. The van der Waals surface area contributed by atoms with Crippen LogP contribution in [-0.2, 0) is 9.53 Å². The molecule has 1 aliphatic rings. The van der Waals surface area contributed by atoms with Crippen molar-refractivity contribution in [1.82, 2.24) is 0 Å². The molecule has 1 fully saturated rings. The Bertz CT molecular complexity index is 465. The molecule has 0 radical (unpaired) electrons. The van der Waals surface area contributed by atoms with E-state index in [0.29, 0.717) is 6.42 Å². The van der Waals surface area contributed by atoms with Crippen LogP contribution in [0.1, 0.15) is 27.2 Å². The zero-order chi connectivity index (χ0) is 13.3. The van der Waals surface area contributed by atoms with E-state index in [1.807, 2.05) is 18.2 Å². The van der Waals surface area contributed by atoms with E-state index >= 15 is 0 Å². The highest BCUT2D eigenvalue weighted by molar-refractivity contribution is 5.90. The smallest absolute Gasteiger partial charge is 0.329 e. The minimum absolute atomic E-state index is 0.120. The van der Waals surface area contributed by atoms with E-state index in [1.54, 1.807) is 20.8 Å². The molecular weight excluding hydrogens is 218 g/mol. The van der Waals surface area contributed by atoms with Crippen molar-refractivity contribution in [3.05, 3.63) is 0 Å². The fourth-order valence-electron chi connectivity index (χ4n) is 2.62. The first-order chi connectivity index (χ1) is 7.97. The SMILES string of the molecule is CCOC(=O)[C@@]1(C#N)C(C#N)(C#N)[C@]1(C)CC. The number of ether oxygens (including phenoxy) is 1. The first-order valence-corrected chi connectivity index (χ1v) is 5.39. The van der Waals surface area contributed by atoms with Crippen LogP contribution in [0.2, 0.25) is 0 Å². The van der Waals surface area contributed by atoms with Crippen LogP contribution in [0.25, 0.3) is 0 Å². The number of rotatable bonds is 3. The molecule has 5 heteroatoms. The molecule has 17 heavy (non-hydrogen) atoms. The first kappa shape index (κ1) is 13.0. The first-order valence-electron chi connectivity index (χ1n) is 5.39. The Labute approximate surface area is 100 Å². The molecule has 2 atom stereocenters. The van der Waals surface area contributed by atoms with Crippen LogP contribution in [0.3, 0.4) is 0 Å². The van der Waals surface area contributed by atoms with Gasteiger partial charge in [-0.15, -0.1) is 0 Å². The maximum atomic E-state index is 11.9. The molecule has 0 unspecified atom stereocenters. The monoisotopic (exact) mass is 231 g/mol. The lowest BCUT2D eigenvalue weighted by Crippen LogP contribution is -2.25. The zero-order valence-electron chi connectivity index (χ0n) is 10.1. The van der Waals surface area contributed by atoms with Crippen LogP contribution in [0.15, 0.2) is 0 Å². The second kappa shape index (κ2) is 3.75. The van der Waals surface area contributed by atoms with Crippen molar-refractivity contribution in [2.45, 2.75) is 27.2 Å². The van der Waals surface area contributed by atoms with Crippen molar-refractivity contribution in [3.63, 3.8) is 0 Å². The summed E-state index contributed by atoms with van der Waals surface area (Å²) in [5, 5.41) is 27.6. The van der Waals surface area contributed by atoms with Gasteiger partial charge >= 0.3 is 5.97 Å². The molecule has 0 spiro atoms. The van der Waals surface area contributed by atoms with Gasteiger partial charge in [0.2, 0.25) is 0 Å². The number of hydrogen-bond donors (Lipinski definition) is 0. The highest BCUT2D eigenvalue weighted by Crippen LogP contribution is 2.79. The maximum absolute atomic E-state index is 11.9. The van der Waals surface area contributed by atoms with E-state index in [4.69, 9.17) is 4.74 Å². The number of hydrogen-bond acceptors (Lipinski definition) is 5. The molecule has 88 valence electrons. The van der Waals surface area contributed by atoms with Crippen molar-refractivity contribution in [3.8, 4) is 18.2 Å². The van der Waals surface area contributed by atoms with Gasteiger partial charge in [-0.1, -0.05) is 13.8 Å². The van der Waals surface area contributed by atoms with E-state index in [9.17, 15) is 20.6 Å². The van der Waals surface area contributed by atoms with Crippen molar-refractivity contribution in [2.75, 3.05) is 6.61 Å². The van der Waals surface area contributed by atoms with Gasteiger partial charge in [0, 0.05) is 5.41 Å². The highest BCUT2D eigenvalue weighted by Gasteiger charge is 2.91. The van der Waals surface area contributed by atoms with E-state index in [1.165, 1.54) is 0 Å². The fourth-order valence-corrected chi connectivity index (χ4v) is 2.62. The van der Waals surface area contributed by atoms with Crippen LogP contribution < -0.4 is 0 Å². The molecule has 0 bridgehead atoms. The minimum atomic E-state index is -1.66. The van der Waals surface area contributed by atoms with Gasteiger partial charge in [0.15, 0.2) is 10.8 Å². The summed E-state index contributed by atoms with van der Waals surface area (Å²) in [7, 11) is 0. The Hall–Kier alpha value is -2.06. The molecule has 5 nitrogen and oxygen atoms in total. The number of esters is 1. The van der Waals surface area contributed by atoms with Gasteiger partial charge in [-0.2, -0.15) is 15.8 Å². The van der Waals surface area contributed by atoms with Crippen molar-refractivity contribution in [2.24, 2.45) is 16.2 Å². The van der Waals surface area contributed by atoms with Gasteiger partial charge < -0.3 is 4.74 Å². The van der Waals surface area contributed by atoms with Gasteiger partial charge in [0.25, 0.3) is 0 Å². The van der Waals surface area contributed by atoms with E-state index in [2.05, 4.69) is 0 Å². The predicted molar refractivity (Wildman–Crippen MR) is 56.7 cm³/mol. The second-order valence-corrected chi connectivity index (χ2v) is 4.24. The Morgan fingerprint density at radius 1 is 1.18 bits per heavy atom. The quantitative estimate of drug-likeness (QED) is 0.686. The summed E-state index contributed by atoms with van der Waals surface area (Å²) in [5.41, 5.74) is -4.23. The maximum Gasteiger partial charge on any atom is 0.329 e. The lowest BCUT2D eigenvalue weighted by atomic mass is 9.93. The molecule has 0 aromatic rings. The van der Waals surface area contributed by atoms with E-state index in [-0.39, 0.29) is 6.61 Å². The number of carbonyl (C=O) groups excluding carboxylic acids is 1. The Morgan fingerprint density at radius 2 is 1.71 bits per heavy atom. The van der Waals surface area contributed by atoms with Gasteiger partial charge in [-0.3, -0.25) is 4.79 Å². The Morgan fingerprint density at radius 3 is 1.94 bits per heavy atom. The minimum Gasteiger partial charge on any atom is -0.465 e. The van der Waals surface area contributed by atoms with Gasteiger partial charge in [-0.05, 0) is 13.3 Å². The van der Waals surface area contributed by atoms with Crippen LogP contribution in [0.4, 0.5) is 0 Å². The van der Waals surface area contributed by atoms with Gasteiger partial charge in [-0.25, -0.2) is 0 Å². The molecule has 1 aliphatic carbocycles. The summed E-state index contributed by atoms with van der Waals surface area (Å²) >= 11 is 0. The lowest BCUT2D eigenvalue weighted by Gasteiger charge is -2.11. The van der Waals surface area contributed by atoms with Crippen molar-refractivity contribution >= 4 is 5.97 Å². The molecule has 0 aliphatic heterocycles. The molecule has 0 saturated heterocycles. The average molecular weight is 231 g/mol. The zero-order valence-corrected chi connectivity index (χ0v) is 10.1. The molecule has 0 aromatic carbocycles. The van der Waals surface area contributed by atoms with Crippen LogP contribution in [0.5, 0.6) is 0 Å².